The minimum absolute atomic E-state index is 0.00138. The van der Waals surface area contributed by atoms with E-state index in [0.717, 1.165) is 41.3 Å². The standard InChI is InChI=1S/C23H18N4O2S/c28-22(17-8-10-19-20(14-17)26-30-25-19)24-18-9-11-21-16(13-18)7-4-12-27(21)23(29)15-5-2-1-3-6-15/h1-3,5-6,8-11,13-14H,4,7,12H2,(H,24,28). The lowest BCUT2D eigenvalue weighted by Crippen LogP contribution is -2.35. The third-order valence-corrected chi connectivity index (χ3v) is 5.79. The number of hydrogen-bond acceptors (Lipinski definition) is 5. The summed E-state index contributed by atoms with van der Waals surface area (Å²) in [6, 6.07) is 20.3. The van der Waals surface area contributed by atoms with Crippen LogP contribution in [-0.4, -0.2) is 27.1 Å². The van der Waals surface area contributed by atoms with Gasteiger partial charge in [-0.05, 0) is 66.9 Å². The van der Waals surface area contributed by atoms with Gasteiger partial charge >= 0.3 is 0 Å². The van der Waals surface area contributed by atoms with Gasteiger partial charge in [-0.25, -0.2) is 0 Å². The molecule has 3 aromatic carbocycles. The van der Waals surface area contributed by atoms with Crippen LogP contribution in [0.5, 0.6) is 0 Å². The molecule has 2 amide bonds. The summed E-state index contributed by atoms with van der Waals surface area (Å²) in [5.41, 5.74) is 5.39. The van der Waals surface area contributed by atoms with Gasteiger partial charge in [0.25, 0.3) is 11.8 Å². The lowest BCUT2D eigenvalue weighted by atomic mass is 10.00. The van der Waals surface area contributed by atoms with Crippen molar-refractivity contribution < 1.29 is 9.59 Å². The summed E-state index contributed by atoms with van der Waals surface area (Å²) < 4.78 is 8.35. The normalized spacial score (nSPS) is 13.1. The molecule has 2 heterocycles. The predicted molar refractivity (Wildman–Crippen MR) is 118 cm³/mol. The number of aryl methyl sites for hydroxylation is 1. The molecule has 0 bridgehead atoms. The SMILES string of the molecule is O=C(Nc1ccc2c(c1)CCCN2C(=O)c1ccccc1)c1ccc2nsnc2c1. The molecule has 0 fully saturated rings. The molecule has 1 aromatic heterocycles. The Bertz CT molecular complexity index is 1250. The molecule has 6 nitrogen and oxygen atoms in total. The van der Waals surface area contributed by atoms with Crippen LogP contribution >= 0.6 is 11.7 Å². The van der Waals surface area contributed by atoms with Crippen molar-refractivity contribution >= 4 is 46.0 Å². The first kappa shape index (κ1) is 18.4. The van der Waals surface area contributed by atoms with Crippen molar-refractivity contribution in [3.05, 3.63) is 83.4 Å². The summed E-state index contributed by atoms with van der Waals surface area (Å²) in [5, 5.41) is 2.95. The Morgan fingerprint density at radius 2 is 1.73 bits per heavy atom. The summed E-state index contributed by atoms with van der Waals surface area (Å²) in [7, 11) is 0. The second kappa shape index (κ2) is 7.68. The highest BCUT2D eigenvalue weighted by Crippen LogP contribution is 2.31. The average Bonchev–Trinajstić information content (AvgIpc) is 3.26. The molecule has 5 rings (SSSR count). The molecule has 1 aliphatic heterocycles. The van der Waals surface area contributed by atoms with Crippen LogP contribution < -0.4 is 10.2 Å². The van der Waals surface area contributed by atoms with Gasteiger partial charge in [-0.3, -0.25) is 9.59 Å². The number of anilines is 2. The lowest BCUT2D eigenvalue weighted by molar-refractivity contribution is 0.0983. The van der Waals surface area contributed by atoms with Gasteiger partial charge in [0, 0.05) is 29.0 Å². The zero-order valence-electron chi connectivity index (χ0n) is 16.0. The van der Waals surface area contributed by atoms with E-state index in [1.807, 2.05) is 53.4 Å². The van der Waals surface area contributed by atoms with Crippen LogP contribution in [0.1, 0.15) is 32.7 Å². The molecule has 30 heavy (non-hydrogen) atoms. The maximum atomic E-state index is 12.9. The Balaban J connectivity index is 1.38. The smallest absolute Gasteiger partial charge is 0.258 e. The minimum Gasteiger partial charge on any atom is -0.322 e. The first-order valence-electron chi connectivity index (χ1n) is 9.72. The van der Waals surface area contributed by atoms with Gasteiger partial charge in [0.1, 0.15) is 11.0 Å². The molecular formula is C23H18N4O2S. The Morgan fingerprint density at radius 3 is 2.60 bits per heavy atom. The molecule has 0 saturated heterocycles. The highest BCUT2D eigenvalue weighted by atomic mass is 32.1. The minimum atomic E-state index is -0.196. The fraction of sp³-hybridized carbons (Fsp3) is 0.130. The van der Waals surface area contributed by atoms with E-state index >= 15 is 0 Å². The Labute approximate surface area is 177 Å². The molecule has 1 N–H and O–H groups in total. The third-order valence-electron chi connectivity index (χ3n) is 5.24. The fourth-order valence-electron chi connectivity index (χ4n) is 3.75. The van der Waals surface area contributed by atoms with Gasteiger partial charge in [0.2, 0.25) is 0 Å². The number of carbonyl (C=O) groups excluding carboxylic acids is 2. The van der Waals surface area contributed by atoms with Crippen molar-refractivity contribution in [3.8, 4) is 0 Å². The zero-order valence-corrected chi connectivity index (χ0v) is 16.9. The quantitative estimate of drug-likeness (QED) is 0.534. The number of nitrogens with one attached hydrogen (secondary N) is 1. The highest BCUT2D eigenvalue weighted by molar-refractivity contribution is 7.00. The van der Waals surface area contributed by atoms with Crippen molar-refractivity contribution in [2.75, 3.05) is 16.8 Å². The molecule has 4 aromatic rings. The Morgan fingerprint density at radius 1 is 0.900 bits per heavy atom. The monoisotopic (exact) mass is 414 g/mol. The molecule has 7 heteroatoms. The second-order valence-electron chi connectivity index (χ2n) is 7.19. The van der Waals surface area contributed by atoms with Crippen LogP contribution in [0.15, 0.2) is 66.7 Å². The van der Waals surface area contributed by atoms with Crippen LogP contribution in [0.2, 0.25) is 0 Å². The van der Waals surface area contributed by atoms with Crippen LogP contribution in [-0.2, 0) is 6.42 Å². The summed E-state index contributed by atoms with van der Waals surface area (Å²) in [5.74, 6) is -0.198. The van der Waals surface area contributed by atoms with Crippen LogP contribution in [0.4, 0.5) is 11.4 Å². The maximum Gasteiger partial charge on any atom is 0.258 e. The first-order valence-corrected chi connectivity index (χ1v) is 10.5. The number of nitrogens with zero attached hydrogens (tertiary/aromatic N) is 3. The van der Waals surface area contributed by atoms with Gasteiger partial charge in [0.05, 0.1) is 11.7 Å². The second-order valence-corrected chi connectivity index (χ2v) is 7.72. The van der Waals surface area contributed by atoms with Gasteiger partial charge in [-0.2, -0.15) is 8.75 Å². The van der Waals surface area contributed by atoms with E-state index in [4.69, 9.17) is 0 Å². The number of rotatable bonds is 3. The topological polar surface area (TPSA) is 75.2 Å². The molecule has 0 unspecified atom stereocenters. The number of hydrogen-bond donors (Lipinski definition) is 1. The lowest BCUT2D eigenvalue weighted by Gasteiger charge is -2.30. The van der Waals surface area contributed by atoms with E-state index in [-0.39, 0.29) is 11.8 Å². The molecular weight excluding hydrogens is 396 g/mol. The third kappa shape index (κ3) is 3.44. The molecule has 0 saturated carbocycles. The number of amides is 2. The number of fused-ring (bicyclic) bond motifs is 2. The number of carbonyl (C=O) groups is 2. The summed E-state index contributed by atoms with van der Waals surface area (Å²) >= 11 is 1.13. The molecule has 0 atom stereocenters. The average molecular weight is 414 g/mol. The van der Waals surface area contributed by atoms with Crippen molar-refractivity contribution in [1.29, 1.82) is 0 Å². The molecule has 0 spiro atoms. The van der Waals surface area contributed by atoms with E-state index < -0.39 is 0 Å². The Hall–Kier alpha value is -3.58. The van der Waals surface area contributed by atoms with Crippen molar-refractivity contribution in [2.45, 2.75) is 12.8 Å². The van der Waals surface area contributed by atoms with Gasteiger partial charge in [-0.15, -0.1) is 0 Å². The van der Waals surface area contributed by atoms with E-state index in [1.165, 1.54) is 0 Å². The molecule has 0 radical (unpaired) electrons. The van der Waals surface area contributed by atoms with Crippen LogP contribution in [0.25, 0.3) is 11.0 Å². The largest absolute Gasteiger partial charge is 0.322 e. The van der Waals surface area contributed by atoms with Crippen molar-refractivity contribution in [1.82, 2.24) is 8.75 Å². The highest BCUT2D eigenvalue weighted by Gasteiger charge is 2.24. The maximum absolute atomic E-state index is 12.9. The van der Waals surface area contributed by atoms with Gasteiger partial charge in [-0.1, -0.05) is 18.2 Å². The van der Waals surface area contributed by atoms with Crippen molar-refractivity contribution in [2.24, 2.45) is 0 Å². The first-order chi connectivity index (χ1) is 14.7. The predicted octanol–water partition coefficient (Wildman–Crippen LogP) is 4.54. The summed E-state index contributed by atoms with van der Waals surface area (Å²) in [4.78, 5) is 27.4. The molecule has 148 valence electrons. The van der Waals surface area contributed by atoms with Gasteiger partial charge in [0.15, 0.2) is 0 Å². The summed E-state index contributed by atoms with van der Waals surface area (Å²) in [6.45, 7) is 0.689. The van der Waals surface area contributed by atoms with Crippen LogP contribution in [0.3, 0.4) is 0 Å². The van der Waals surface area contributed by atoms with Crippen LogP contribution in [0, 0.1) is 0 Å². The number of aromatic nitrogens is 2. The van der Waals surface area contributed by atoms with E-state index in [2.05, 4.69) is 14.1 Å². The molecule has 1 aliphatic rings. The van der Waals surface area contributed by atoms with E-state index in [9.17, 15) is 9.59 Å². The van der Waals surface area contributed by atoms with E-state index in [1.54, 1.807) is 18.2 Å². The van der Waals surface area contributed by atoms with E-state index in [0.29, 0.717) is 28.9 Å². The Kier molecular flexibility index (Phi) is 4.72. The summed E-state index contributed by atoms with van der Waals surface area (Å²) in [6.07, 6.45) is 1.75. The zero-order chi connectivity index (χ0) is 20.5. The van der Waals surface area contributed by atoms with Gasteiger partial charge < -0.3 is 10.2 Å². The molecule has 0 aliphatic carbocycles. The number of benzene rings is 3. The fourth-order valence-corrected chi connectivity index (χ4v) is 4.27. The van der Waals surface area contributed by atoms with Crippen molar-refractivity contribution in [3.63, 3.8) is 0 Å².